The molecule has 0 aromatic heterocycles. The Morgan fingerprint density at radius 2 is 1.73 bits per heavy atom. The number of alkyl carbamates (subject to hydrolysis) is 1. The summed E-state index contributed by atoms with van der Waals surface area (Å²) >= 11 is 0. The van der Waals surface area contributed by atoms with E-state index in [4.69, 9.17) is 4.74 Å². The molecule has 1 saturated carbocycles. The Bertz CT molecular complexity index is 955. The van der Waals surface area contributed by atoms with Gasteiger partial charge in [0.25, 0.3) is 0 Å². The molecule has 1 aromatic carbocycles. The molecular formula is C30H49N3O4. The van der Waals surface area contributed by atoms with Crippen LogP contribution >= 0.6 is 0 Å². The molecule has 208 valence electrons. The Hall–Kier alpha value is -2.57. The molecule has 0 radical (unpaired) electrons. The monoisotopic (exact) mass is 515 g/mol. The zero-order chi connectivity index (χ0) is 28.1. The van der Waals surface area contributed by atoms with Crippen LogP contribution in [0.1, 0.15) is 104 Å². The largest absolute Gasteiger partial charge is 0.444 e. The van der Waals surface area contributed by atoms with Crippen LogP contribution in [-0.4, -0.2) is 46.5 Å². The summed E-state index contributed by atoms with van der Waals surface area (Å²) in [6, 6.07) is 4.24. The highest BCUT2D eigenvalue weighted by Gasteiger charge is 2.49. The Balaban J connectivity index is 2.57. The lowest BCUT2D eigenvalue weighted by molar-refractivity contribution is -0.144. The SMILES string of the molecule is CCCC(C)NC(=O)C(c1cccc(C)c1C)N(C(=O)C(NC(=O)OC(C)(C)C)C(C)CC)C1CC1C. The fraction of sp³-hybridized carbons (Fsp3) is 0.700. The summed E-state index contributed by atoms with van der Waals surface area (Å²) < 4.78 is 5.50. The number of rotatable bonds is 11. The molecule has 37 heavy (non-hydrogen) atoms. The molecule has 6 unspecified atom stereocenters. The summed E-state index contributed by atoms with van der Waals surface area (Å²) in [5, 5.41) is 6.02. The molecule has 1 aromatic rings. The molecule has 2 N–H and O–H groups in total. The summed E-state index contributed by atoms with van der Waals surface area (Å²) in [4.78, 5) is 42.8. The lowest BCUT2D eigenvalue weighted by Gasteiger charge is -2.37. The van der Waals surface area contributed by atoms with E-state index in [9.17, 15) is 14.4 Å². The number of hydrogen-bond acceptors (Lipinski definition) is 4. The molecular weight excluding hydrogens is 466 g/mol. The summed E-state index contributed by atoms with van der Waals surface area (Å²) in [5.74, 6) is -0.282. The van der Waals surface area contributed by atoms with Gasteiger partial charge in [0, 0.05) is 12.1 Å². The fourth-order valence-corrected chi connectivity index (χ4v) is 4.76. The van der Waals surface area contributed by atoms with Crippen LogP contribution in [0.25, 0.3) is 0 Å². The number of amides is 3. The number of ether oxygens (including phenoxy) is 1. The maximum atomic E-state index is 14.4. The first kappa shape index (κ1) is 30.7. The summed E-state index contributed by atoms with van der Waals surface area (Å²) in [6.07, 6.45) is 2.69. The molecule has 1 fully saturated rings. The molecule has 6 atom stereocenters. The average Bonchev–Trinajstić information content (AvgIpc) is 3.51. The van der Waals surface area contributed by atoms with E-state index in [1.807, 2.05) is 52.8 Å². The minimum atomic E-state index is -0.805. The summed E-state index contributed by atoms with van der Waals surface area (Å²) in [6.45, 7) is 19.5. The molecule has 3 amide bonds. The molecule has 7 heteroatoms. The molecule has 0 bridgehead atoms. The van der Waals surface area contributed by atoms with Crippen molar-refractivity contribution in [2.24, 2.45) is 11.8 Å². The van der Waals surface area contributed by atoms with Crippen molar-refractivity contribution in [2.75, 3.05) is 0 Å². The highest BCUT2D eigenvalue weighted by Crippen LogP contribution is 2.42. The van der Waals surface area contributed by atoms with Gasteiger partial charge in [-0.3, -0.25) is 9.59 Å². The van der Waals surface area contributed by atoms with Crippen molar-refractivity contribution < 1.29 is 19.1 Å². The van der Waals surface area contributed by atoms with Gasteiger partial charge in [-0.1, -0.05) is 58.7 Å². The second kappa shape index (κ2) is 12.8. The van der Waals surface area contributed by atoms with E-state index in [0.29, 0.717) is 6.42 Å². The average molecular weight is 516 g/mol. The fourth-order valence-electron chi connectivity index (χ4n) is 4.76. The van der Waals surface area contributed by atoms with Crippen LogP contribution in [0, 0.1) is 25.7 Å². The Morgan fingerprint density at radius 1 is 1.11 bits per heavy atom. The lowest BCUT2D eigenvalue weighted by atomic mass is 9.92. The van der Waals surface area contributed by atoms with E-state index < -0.39 is 23.8 Å². The van der Waals surface area contributed by atoms with Crippen molar-refractivity contribution in [3.8, 4) is 0 Å². The van der Waals surface area contributed by atoms with Crippen LogP contribution in [0.2, 0.25) is 0 Å². The molecule has 2 rings (SSSR count). The molecule has 7 nitrogen and oxygen atoms in total. The zero-order valence-electron chi connectivity index (χ0n) is 24.6. The van der Waals surface area contributed by atoms with Gasteiger partial charge in [-0.05, 0) is 82.9 Å². The minimum absolute atomic E-state index is 0.0102. The first-order valence-electron chi connectivity index (χ1n) is 13.9. The van der Waals surface area contributed by atoms with E-state index in [0.717, 1.165) is 36.0 Å². The third-order valence-electron chi connectivity index (χ3n) is 7.41. The van der Waals surface area contributed by atoms with E-state index >= 15 is 0 Å². The van der Waals surface area contributed by atoms with Gasteiger partial charge in [0.1, 0.15) is 17.7 Å². The third-order valence-corrected chi connectivity index (χ3v) is 7.41. The zero-order valence-corrected chi connectivity index (χ0v) is 24.6. The van der Waals surface area contributed by atoms with E-state index in [1.54, 1.807) is 25.7 Å². The number of nitrogens with one attached hydrogen (secondary N) is 2. The highest BCUT2D eigenvalue weighted by atomic mass is 16.6. The van der Waals surface area contributed by atoms with Crippen LogP contribution < -0.4 is 10.6 Å². The number of carbonyl (C=O) groups excluding carboxylic acids is 3. The molecule has 0 spiro atoms. The van der Waals surface area contributed by atoms with Gasteiger partial charge in [-0.25, -0.2) is 4.79 Å². The number of aryl methyl sites for hydroxylation is 1. The number of nitrogens with zero attached hydrogens (tertiary/aromatic N) is 1. The van der Waals surface area contributed by atoms with Gasteiger partial charge < -0.3 is 20.3 Å². The van der Waals surface area contributed by atoms with Gasteiger partial charge in [-0.2, -0.15) is 0 Å². The minimum Gasteiger partial charge on any atom is -0.444 e. The first-order chi connectivity index (χ1) is 17.2. The highest BCUT2D eigenvalue weighted by molar-refractivity contribution is 5.93. The first-order valence-corrected chi connectivity index (χ1v) is 13.9. The summed E-state index contributed by atoms with van der Waals surface area (Å²) in [7, 11) is 0. The van der Waals surface area contributed by atoms with Crippen molar-refractivity contribution in [2.45, 2.75) is 125 Å². The molecule has 0 aliphatic heterocycles. The smallest absolute Gasteiger partial charge is 0.408 e. The van der Waals surface area contributed by atoms with Gasteiger partial charge in [-0.15, -0.1) is 0 Å². The lowest BCUT2D eigenvalue weighted by Crippen LogP contribution is -2.56. The van der Waals surface area contributed by atoms with E-state index in [1.165, 1.54) is 0 Å². The van der Waals surface area contributed by atoms with Gasteiger partial charge in [0.05, 0.1) is 0 Å². The van der Waals surface area contributed by atoms with Crippen molar-refractivity contribution in [1.29, 1.82) is 0 Å². The Kier molecular flexibility index (Phi) is 10.6. The van der Waals surface area contributed by atoms with Crippen molar-refractivity contribution in [3.05, 3.63) is 34.9 Å². The normalized spacial score (nSPS) is 20.3. The molecule has 0 saturated heterocycles. The standard InChI is InChI=1S/C30H49N3O4/c1-11-14-21(6)31-27(34)26(23-16-13-15-19(4)22(23)7)33(24-17-20(24)5)28(35)25(18(3)12-2)32-29(36)37-30(8,9)10/h13,15-16,18,20-21,24-26H,11-12,14,17H2,1-10H3,(H,31,34)(H,32,36). The van der Waals surface area contributed by atoms with Gasteiger partial charge >= 0.3 is 6.09 Å². The predicted molar refractivity (Wildman–Crippen MR) is 148 cm³/mol. The molecule has 1 aliphatic carbocycles. The summed E-state index contributed by atoms with van der Waals surface area (Å²) in [5.41, 5.74) is 2.21. The van der Waals surface area contributed by atoms with Crippen LogP contribution in [0.5, 0.6) is 0 Å². The number of carbonyl (C=O) groups is 3. The van der Waals surface area contributed by atoms with Crippen LogP contribution in [-0.2, 0) is 14.3 Å². The van der Waals surface area contributed by atoms with Crippen molar-refractivity contribution in [1.82, 2.24) is 15.5 Å². The second-order valence-corrected chi connectivity index (χ2v) is 11.9. The maximum absolute atomic E-state index is 14.4. The topological polar surface area (TPSA) is 87.7 Å². The molecule has 1 aliphatic rings. The Labute approximate surface area is 224 Å². The van der Waals surface area contributed by atoms with Crippen LogP contribution in [0.4, 0.5) is 4.79 Å². The van der Waals surface area contributed by atoms with Gasteiger partial charge in [0.15, 0.2) is 0 Å². The number of benzene rings is 1. The van der Waals surface area contributed by atoms with E-state index in [2.05, 4.69) is 24.5 Å². The quantitative estimate of drug-likeness (QED) is 0.388. The maximum Gasteiger partial charge on any atom is 0.408 e. The number of hydrogen-bond donors (Lipinski definition) is 2. The van der Waals surface area contributed by atoms with Crippen LogP contribution in [0.3, 0.4) is 0 Å². The van der Waals surface area contributed by atoms with E-state index in [-0.39, 0.29) is 35.7 Å². The second-order valence-electron chi connectivity index (χ2n) is 11.9. The third kappa shape index (κ3) is 8.21. The molecule has 0 heterocycles. The van der Waals surface area contributed by atoms with Crippen LogP contribution in [0.15, 0.2) is 18.2 Å². The van der Waals surface area contributed by atoms with Gasteiger partial charge in [0.2, 0.25) is 11.8 Å². The van der Waals surface area contributed by atoms with Crippen molar-refractivity contribution >= 4 is 17.9 Å². The van der Waals surface area contributed by atoms with Crippen molar-refractivity contribution in [3.63, 3.8) is 0 Å². The Morgan fingerprint density at radius 3 is 2.24 bits per heavy atom. The predicted octanol–water partition coefficient (Wildman–Crippen LogP) is 5.83.